The molecule has 0 fully saturated rings. The highest BCUT2D eigenvalue weighted by atomic mass is 32.1. The van der Waals surface area contributed by atoms with Crippen molar-refractivity contribution in [1.82, 2.24) is 20.1 Å². The van der Waals surface area contributed by atoms with Gasteiger partial charge in [-0.15, -0.1) is 11.3 Å². The Kier molecular flexibility index (Phi) is 6.63. The largest absolute Gasteiger partial charge is 0.416 e. The molecule has 6 nitrogen and oxygen atoms in total. The Hall–Kier alpha value is -3.22. The van der Waals surface area contributed by atoms with Gasteiger partial charge in [0.2, 0.25) is 0 Å². The molecule has 3 rings (SSSR count). The van der Waals surface area contributed by atoms with Crippen LogP contribution < -0.4 is 10.9 Å². The minimum Gasteiger partial charge on any atom is -0.350 e. The second kappa shape index (κ2) is 8.96. The standard InChI is InChI=1S/C20H16F6N4O2S/c1-10-17(33-11(2)28-10)15-3-4-16(31)30(29-15)6-5-27-18(32)12-7-13(19(21,22)23)9-14(8-12)20(24,25)26/h3-4,7-9H,5-6H2,1-2H3,(H,27,32). The fourth-order valence-electron chi connectivity index (χ4n) is 2.96. The van der Waals surface area contributed by atoms with Crippen LogP contribution in [-0.4, -0.2) is 27.2 Å². The Bertz CT molecular complexity index is 1210. The van der Waals surface area contributed by atoms with E-state index in [1.807, 2.05) is 6.92 Å². The summed E-state index contributed by atoms with van der Waals surface area (Å²) in [7, 11) is 0. The summed E-state index contributed by atoms with van der Waals surface area (Å²) in [6, 6.07) is 3.39. The number of carbonyl (C=O) groups excluding carboxylic acids is 1. The van der Waals surface area contributed by atoms with Crippen molar-refractivity contribution in [2.75, 3.05) is 6.54 Å². The lowest BCUT2D eigenvalue weighted by Crippen LogP contribution is -2.32. The van der Waals surface area contributed by atoms with Crippen molar-refractivity contribution in [3.05, 3.63) is 68.1 Å². The van der Waals surface area contributed by atoms with Crippen molar-refractivity contribution in [3.63, 3.8) is 0 Å². The van der Waals surface area contributed by atoms with Crippen LogP contribution in [0, 0.1) is 13.8 Å². The van der Waals surface area contributed by atoms with Crippen molar-refractivity contribution in [2.24, 2.45) is 0 Å². The molecule has 0 saturated carbocycles. The van der Waals surface area contributed by atoms with Gasteiger partial charge < -0.3 is 5.32 Å². The van der Waals surface area contributed by atoms with E-state index in [4.69, 9.17) is 0 Å². The predicted octanol–water partition coefficient (Wildman–Crippen LogP) is 4.45. The van der Waals surface area contributed by atoms with Crippen LogP contribution in [0.4, 0.5) is 26.3 Å². The van der Waals surface area contributed by atoms with Crippen LogP contribution in [0.1, 0.15) is 32.2 Å². The van der Waals surface area contributed by atoms with Crippen LogP contribution in [0.15, 0.2) is 35.1 Å². The molecular weight excluding hydrogens is 474 g/mol. The number of nitrogens with one attached hydrogen (secondary N) is 1. The van der Waals surface area contributed by atoms with Gasteiger partial charge >= 0.3 is 12.4 Å². The number of carbonyl (C=O) groups is 1. The Morgan fingerprint density at radius 3 is 2.15 bits per heavy atom. The van der Waals surface area contributed by atoms with Crippen molar-refractivity contribution in [1.29, 1.82) is 0 Å². The first kappa shape index (κ1) is 24.4. The van der Waals surface area contributed by atoms with E-state index < -0.39 is 40.5 Å². The Balaban J connectivity index is 1.78. The van der Waals surface area contributed by atoms with Gasteiger partial charge in [-0.25, -0.2) is 9.67 Å². The van der Waals surface area contributed by atoms with Gasteiger partial charge in [0, 0.05) is 18.2 Å². The molecule has 33 heavy (non-hydrogen) atoms. The molecule has 2 aromatic heterocycles. The molecule has 0 aliphatic rings. The number of hydrogen-bond acceptors (Lipinski definition) is 5. The van der Waals surface area contributed by atoms with Gasteiger partial charge in [-0.2, -0.15) is 31.4 Å². The molecule has 1 amide bonds. The van der Waals surface area contributed by atoms with Crippen LogP contribution in [0.3, 0.4) is 0 Å². The molecule has 0 aliphatic carbocycles. The number of rotatable bonds is 5. The predicted molar refractivity (Wildman–Crippen MR) is 108 cm³/mol. The molecule has 176 valence electrons. The lowest BCUT2D eigenvalue weighted by atomic mass is 10.0. The number of aromatic nitrogens is 3. The third-order valence-electron chi connectivity index (χ3n) is 4.46. The number of halogens is 6. The van der Waals surface area contributed by atoms with Crippen LogP contribution in [0.2, 0.25) is 0 Å². The normalized spacial score (nSPS) is 12.1. The first-order chi connectivity index (χ1) is 15.3. The van der Waals surface area contributed by atoms with E-state index in [2.05, 4.69) is 15.4 Å². The Labute approximate surface area is 186 Å². The molecule has 1 aromatic carbocycles. The SMILES string of the molecule is Cc1nc(C)c(-c2ccc(=O)n(CCNC(=O)c3cc(C(F)(F)F)cc(C(F)(F)F)c3)n2)s1. The monoisotopic (exact) mass is 490 g/mol. The maximum absolute atomic E-state index is 13.0. The maximum Gasteiger partial charge on any atom is 0.416 e. The lowest BCUT2D eigenvalue weighted by Gasteiger charge is -2.14. The maximum atomic E-state index is 13.0. The number of hydrogen-bond donors (Lipinski definition) is 1. The highest BCUT2D eigenvalue weighted by molar-refractivity contribution is 7.15. The molecule has 0 radical (unpaired) electrons. The second-order valence-corrected chi connectivity index (χ2v) is 8.18. The van der Waals surface area contributed by atoms with Gasteiger partial charge in [0.15, 0.2) is 0 Å². The summed E-state index contributed by atoms with van der Waals surface area (Å²) in [6.45, 7) is 3.18. The summed E-state index contributed by atoms with van der Waals surface area (Å²) in [4.78, 5) is 29.4. The second-order valence-electron chi connectivity index (χ2n) is 6.98. The van der Waals surface area contributed by atoms with Crippen LogP contribution >= 0.6 is 11.3 Å². The zero-order chi connectivity index (χ0) is 24.6. The highest BCUT2D eigenvalue weighted by Crippen LogP contribution is 2.36. The van der Waals surface area contributed by atoms with E-state index >= 15 is 0 Å². The number of aryl methyl sites for hydroxylation is 2. The van der Waals surface area contributed by atoms with Crippen LogP contribution in [0.5, 0.6) is 0 Å². The van der Waals surface area contributed by atoms with Crippen LogP contribution in [0.25, 0.3) is 10.6 Å². The van der Waals surface area contributed by atoms with Crippen LogP contribution in [-0.2, 0) is 18.9 Å². The van der Waals surface area contributed by atoms with Gasteiger partial charge in [-0.1, -0.05) is 0 Å². The lowest BCUT2D eigenvalue weighted by molar-refractivity contribution is -0.143. The fourth-order valence-corrected chi connectivity index (χ4v) is 3.85. The van der Waals surface area contributed by atoms with E-state index in [1.165, 1.54) is 23.5 Å². The fraction of sp³-hybridized carbons (Fsp3) is 0.300. The van der Waals surface area contributed by atoms with E-state index in [0.717, 1.165) is 14.6 Å². The molecule has 0 unspecified atom stereocenters. The minimum atomic E-state index is -5.07. The molecule has 0 saturated heterocycles. The van der Waals surface area contributed by atoms with Gasteiger partial charge in [-0.05, 0) is 38.1 Å². The summed E-state index contributed by atoms with van der Waals surface area (Å²) in [6.07, 6.45) is -10.1. The Morgan fingerprint density at radius 2 is 1.64 bits per heavy atom. The third kappa shape index (κ3) is 5.78. The van der Waals surface area contributed by atoms with Crippen molar-refractivity contribution < 1.29 is 31.1 Å². The van der Waals surface area contributed by atoms with E-state index in [0.29, 0.717) is 23.5 Å². The van der Waals surface area contributed by atoms with Crippen molar-refractivity contribution in [3.8, 4) is 10.6 Å². The van der Waals surface area contributed by atoms with E-state index in [9.17, 15) is 35.9 Å². The Morgan fingerprint density at radius 1 is 1.03 bits per heavy atom. The van der Waals surface area contributed by atoms with E-state index in [1.54, 1.807) is 6.92 Å². The van der Waals surface area contributed by atoms with E-state index in [-0.39, 0.29) is 19.2 Å². The number of thiazole rings is 1. The highest BCUT2D eigenvalue weighted by Gasteiger charge is 2.37. The van der Waals surface area contributed by atoms with Gasteiger partial charge in [-0.3, -0.25) is 9.59 Å². The van der Waals surface area contributed by atoms with Crippen molar-refractivity contribution >= 4 is 17.2 Å². The molecular formula is C20H16F6N4O2S. The molecule has 0 atom stereocenters. The first-order valence-electron chi connectivity index (χ1n) is 9.36. The smallest absolute Gasteiger partial charge is 0.350 e. The summed E-state index contributed by atoms with van der Waals surface area (Å²) in [5, 5.41) is 7.23. The number of alkyl halides is 6. The average molecular weight is 490 g/mol. The molecule has 2 heterocycles. The topological polar surface area (TPSA) is 76.9 Å². The minimum absolute atomic E-state index is 0.0606. The third-order valence-corrected chi connectivity index (χ3v) is 5.56. The van der Waals surface area contributed by atoms with Gasteiger partial charge in [0.05, 0.1) is 33.3 Å². The zero-order valence-corrected chi connectivity index (χ0v) is 18.0. The molecule has 13 heteroatoms. The summed E-state index contributed by atoms with van der Waals surface area (Å²) < 4.78 is 78.9. The van der Waals surface area contributed by atoms with Gasteiger partial charge in [0.25, 0.3) is 11.5 Å². The molecule has 0 aliphatic heterocycles. The van der Waals surface area contributed by atoms with Gasteiger partial charge in [0.1, 0.15) is 5.69 Å². The molecule has 1 N–H and O–H groups in total. The zero-order valence-electron chi connectivity index (χ0n) is 17.1. The number of amides is 1. The summed E-state index contributed by atoms with van der Waals surface area (Å²) in [5.41, 5.74) is -3.30. The average Bonchev–Trinajstić information content (AvgIpc) is 3.05. The summed E-state index contributed by atoms with van der Waals surface area (Å²) >= 11 is 1.37. The molecule has 3 aromatic rings. The number of nitrogens with zero attached hydrogens (tertiary/aromatic N) is 3. The van der Waals surface area contributed by atoms with Crippen molar-refractivity contribution in [2.45, 2.75) is 32.7 Å². The summed E-state index contributed by atoms with van der Waals surface area (Å²) in [5.74, 6) is -1.15. The number of benzene rings is 1. The quantitative estimate of drug-likeness (QED) is 0.537. The molecule has 0 bridgehead atoms. The first-order valence-corrected chi connectivity index (χ1v) is 10.2. The molecule has 0 spiro atoms.